The normalized spacial score (nSPS) is 23.8. The largest absolute Gasteiger partial charge is 0.460 e. The van der Waals surface area contributed by atoms with Crippen LogP contribution in [0.5, 0.6) is 0 Å². The Kier molecular flexibility index (Phi) is 8.56. The van der Waals surface area contributed by atoms with Crippen molar-refractivity contribution in [1.82, 2.24) is 4.90 Å². The Morgan fingerprint density at radius 3 is 1.89 bits per heavy atom. The summed E-state index contributed by atoms with van der Waals surface area (Å²) >= 11 is 0. The van der Waals surface area contributed by atoms with Crippen LogP contribution >= 0.6 is 0 Å². The van der Waals surface area contributed by atoms with Crippen molar-refractivity contribution in [3.63, 3.8) is 0 Å². The molecular weight excluding hydrogens is 546 g/mol. The highest BCUT2D eigenvalue weighted by Crippen LogP contribution is 2.46. The number of cyclic esters (lactones) is 1. The van der Waals surface area contributed by atoms with Gasteiger partial charge in [-0.1, -0.05) is 149 Å². The van der Waals surface area contributed by atoms with Crippen molar-refractivity contribution in [3.8, 4) is 0 Å². The van der Waals surface area contributed by atoms with E-state index in [0.717, 1.165) is 36.0 Å². The molecule has 5 atom stereocenters. The molecule has 1 aliphatic heterocycles. The topological polar surface area (TPSA) is 55.8 Å². The SMILES string of the molecule is CC1CCC(C(C)(C)c2ccccc2)C(OC(=O)C2C(c3ccccc3)OC(=O)N2C(c2ccccc2)c2ccccc2)C1. The van der Waals surface area contributed by atoms with Crippen molar-refractivity contribution >= 4 is 12.1 Å². The van der Waals surface area contributed by atoms with Gasteiger partial charge < -0.3 is 9.47 Å². The molecule has 5 unspecified atom stereocenters. The van der Waals surface area contributed by atoms with E-state index < -0.39 is 30.3 Å². The lowest BCUT2D eigenvalue weighted by molar-refractivity contribution is -0.163. The van der Waals surface area contributed by atoms with Crippen molar-refractivity contribution in [2.75, 3.05) is 0 Å². The number of nitrogens with zero attached hydrogens (tertiary/aromatic N) is 1. The Balaban J connectivity index is 1.40. The number of esters is 1. The molecule has 0 N–H and O–H groups in total. The van der Waals surface area contributed by atoms with Crippen molar-refractivity contribution in [2.45, 2.75) is 69.7 Å². The van der Waals surface area contributed by atoms with Crippen molar-refractivity contribution in [3.05, 3.63) is 144 Å². The van der Waals surface area contributed by atoms with Gasteiger partial charge in [0.05, 0.1) is 6.04 Å². The van der Waals surface area contributed by atoms with Crippen molar-refractivity contribution in [2.24, 2.45) is 11.8 Å². The molecule has 2 fully saturated rings. The molecule has 0 bridgehead atoms. The van der Waals surface area contributed by atoms with Gasteiger partial charge >= 0.3 is 12.1 Å². The average Bonchev–Trinajstić information content (AvgIpc) is 3.39. The van der Waals surface area contributed by atoms with Crippen LogP contribution in [0.25, 0.3) is 0 Å². The Morgan fingerprint density at radius 1 is 0.795 bits per heavy atom. The van der Waals surface area contributed by atoms with E-state index in [-0.39, 0.29) is 17.4 Å². The minimum atomic E-state index is -0.965. The summed E-state index contributed by atoms with van der Waals surface area (Å²) in [5.74, 6) is 0.139. The van der Waals surface area contributed by atoms with E-state index in [2.05, 4.69) is 45.0 Å². The van der Waals surface area contributed by atoms with E-state index in [1.54, 1.807) is 4.90 Å². The van der Waals surface area contributed by atoms with Crippen molar-refractivity contribution < 1.29 is 19.1 Å². The highest BCUT2D eigenvalue weighted by Gasteiger charge is 2.53. The maximum atomic E-state index is 14.6. The van der Waals surface area contributed by atoms with Gasteiger partial charge in [0.15, 0.2) is 12.1 Å². The zero-order chi connectivity index (χ0) is 30.7. The van der Waals surface area contributed by atoms with Gasteiger partial charge in [-0.2, -0.15) is 0 Å². The predicted octanol–water partition coefficient (Wildman–Crippen LogP) is 8.66. The highest BCUT2D eigenvalue weighted by molar-refractivity contribution is 5.86. The smallest absolute Gasteiger partial charge is 0.412 e. The van der Waals surface area contributed by atoms with Gasteiger partial charge in [0, 0.05) is 5.92 Å². The first kappa shape index (κ1) is 29.7. The molecule has 6 rings (SSSR count). The molecule has 1 saturated heterocycles. The molecule has 0 aromatic heterocycles. The van der Waals surface area contributed by atoms with Gasteiger partial charge in [0.1, 0.15) is 6.10 Å². The second-order valence-corrected chi connectivity index (χ2v) is 12.9. The summed E-state index contributed by atoms with van der Waals surface area (Å²) < 4.78 is 12.7. The maximum Gasteiger partial charge on any atom is 0.412 e. The molecule has 1 aliphatic carbocycles. The highest BCUT2D eigenvalue weighted by atomic mass is 16.6. The van der Waals surface area contributed by atoms with E-state index in [0.29, 0.717) is 5.92 Å². The molecule has 44 heavy (non-hydrogen) atoms. The lowest BCUT2D eigenvalue weighted by Crippen LogP contribution is -2.48. The van der Waals surface area contributed by atoms with Crippen molar-refractivity contribution in [1.29, 1.82) is 0 Å². The standard InChI is InChI=1S/C39H41NO4/c1-27-24-25-32(39(2,3)31-22-14-7-15-23-31)33(26-27)43-37(41)35-36(30-20-12-6-13-21-30)44-38(42)40(35)34(28-16-8-4-9-17-28)29-18-10-5-11-19-29/h4-23,27,32-36H,24-26H2,1-3H3. The number of ether oxygens (including phenoxy) is 2. The predicted molar refractivity (Wildman–Crippen MR) is 172 cm³/mol. The molecule has 2 aliphatic rings. The summed E-state index contributed by atoms with van der Waals surface area (Å²) in [6.07, 6.45) is 1.21. The molecule has 4 aromatic rings. The van der Waals surface area contributed by atoms with Gasteiger partial charge in [-0.15, -0.1) is 0 Å². The summed E-state index contributed by atoms with van der Waals surface area (Å²) in [6.45, 7) is 6.74. The van der Waals surface area contributed by atoms with E-state index in [1.807, 2.05) is 97.1 Å². The Bertz CT molecular complexity index is 1500. The molecule has 1 saturated carbocycles. The number of hydrogen-bond donors (Lipinski definition) is 0. The van der Waals surface area contributed by atoms with Crippen LogP contribution in [0.1, 0.15) is 74.4 Å². The number of amides is 1. The van der Waals surface area contributed by atoms with Crippen LogP contribution in [0.3, 0.4) is 0 Å². The number of carbonyl (C=O) groups is 2. The first-order valence-electron chi connectivity index (χ1n) is 15.7. The molecule has 4 aromatic carbocycles. The fraction of sp³-hybridized carbons (Fsp3) is 0.333. The fourth-order valence-electron chi connectivity index (χ4n) is 7.26. The van der Waals surface area contributed by atoms with Crippen LogP contribution < -0.4 is 0 Å². The molecule has 5 heteroatoms. The van der Waals surface area contributed by atoms with Crippen LogP contribution in [0.15, 0.2) is 121 Å². The third-order valence-electron chi connectivity index (χ3n) is 9.67. The monoisotopic (exact) mass is 587 g/mol. The Morgan fingerprint density at radius 2 is 1.32 bits per heavy atom. The molecule has 226 valence electrons. The van der Waals surface area contributed by atoms with E-state index in [1.165, 1.54) is 5.56 Å². The second kappa shape index (κ2) is 12.7. The number of rotatable bonds is 8. The first-order valence-corrected chi connectivity index (χ1v) is 15.7. The van der Waals surface area contributed by atoms with E-state index in [4.69, 9.17) is 9.47 Å². The van der Waals surface area contributed by atoms with Gasteiger partial charge in [-0.25, -0.2) is 9.59 Å². The third-order valence-corrected chi connectivity index (χ3v) is 9.67. The van der Waals surface area contributed by atoms with Crippen LogP contribution in [0.4, 0.5) is 4.79 Å². The summed E-state index contributed by atoms with van der Waals surface area (Å²) in [5, 5.41) is 0. The molecule has 5 nitrogen and oxygen atoms in total. The van der Waals surface area contributed by atoms with Gasteiger partial charge in [0.2, 0.25) is 0 Å². The first-order chi connectivity index (χ1) is 21.3. The van der Waals surface area contributed by atoms with E-state index in [9.17, 15) is 9.59 Å². The minimum absolute atomic E-state index is 0.130. The molecule has 1 amide bonds. The number of carbonyl (C=O) groups excluding carboxylic acids is 2. The molecule has 0 radical (unpaired) electrons. The molecule has 0 spiro atoms. The summed E-state index contributed by atoms with van der Waals surface area (Å²) in [4.78, 5) is 30.2. The third kappa shape index (κ3) is 5.88. The van der Waals surface area contributed by atoms with E-state index >= 15 is 0 Å². The van der Waals surface area contributed by atoms with Gasteiger partial charge in [-0.3, -0.25) is 4.90 Å². The second-order valence-electron chi connectivity index (χ2n) is 12.9. The van der Waals surface area contributed by atoms with Crippen LogP contribution in [-0.4, -0.2) is 29.1 Å². The maximum absolute atomic E-state index is 14.6. The lowest BCUT2D eigenvalue weighted by Gasteiger charge is -2.44. The minimum Gasteiger partial charge on any atom is -0.460 e. The van der Waals surface area contributed by atoms with Crippen LogP contribution in [0.2, 0.25) is 0 Å². The summed E-state index contributed by atoms with van der Waals surface area (Å²) in [6, 6.07) is 38.2. The lowest BCUT2D eigenvalue weighted by atomic mass is 9.64. The molecular formula is C39H41NO4. The van der Waals surface area contributed by atoms with Crippen LogP contribution in [0, 0.1) is 11.8 Å². The van der Waals surface area contributed by atoms with Gasteiger partial charge in [-0.05, 0) is 46.4 Å². The molecule has 1 heterocycles. The number of benzene rings is 4. The summed E-state index contributed by atoms with van der Waals surface area (Å²) in [5.41, 5.74) is 3.59. The number of hydrogen-bond acceptors (Lipinski definition) is 4. The summed E-state index contributed by atoms with van der Waals surface area (Å²) in [7, 11) is 0. The average molecular weight is 588 g/mol. The quantitative estimate of drug-likeness (QED) is 0.194. The Hall–Kier alpha value is -4.38. The zero-order valence-corrected chi connectivity index (χ0v) is 25.7. The fourth-order valence-corrected chi connectivity index (χ4v) is 7.26. The van der Waals surface area contributed by atoms with Crippen LogP contribution in [-0.2, 0) is 19.7 Å². The Labute approximate surface area is 260 Å². The van der Waals surface area contributed by atoms with Gasteiger partial charge in [0.25, 0.3) is 0 Å². The zero-order valence-electron chi connectivity index (χ0n) is 25.7.